The van der Waals surface area contributed by atoms with Gasteiger partial charge in [0.15, 0.2) is 0 Å². The van der Waals surface area contributed by atoms with Crippen molar-refractivity contribution in [2.75, 3.05) is 41.8 Å². The Morgan fingerprint density at radius 1 is 1.23 bits per heavy atom. The molecule has 0 bridgehead atoms. The molecule has 2 aromatic heterocycles. The van der Waals surface area contributed by atoms with Crippen molar-refractivity contribution in [1.82, 2.24) is 20.2 Å². The lowest BCUT2D eigenvalue weighted by molar-refractivity contribution is 0.0989. The van der Waals surface area contributed by atoms with Gasteiger partial charge in [-0.1, -0.05) is 19.9 Å². The Kier molecular flexibility index (Phi) is 5.35. The van der Waals surface area contributed by atoms with Crippen molar-refractivity contribution in [2.24, 2.45) is 5.92 Å². The average molecular weight is 407 g/mol. The zero-order valence-electron chi connectivity index (χ0n) is 17.6. The van der Waals surface area contributed by atoms with Crippen LogP contribution in [0.2, 0.25) is 0 Å². The van der Waals surface area contributed by atoms with Gasteiger partial charge in [0.1, 0.15) is 11.4 Å². The molecule has 1 aromatic carbocycles. The van der Waals surface area contributed by atoms with E-state index in [1.165, 1.54) is 0 Å². The quantitative estimate of drug-likeness (QED) is 0.689. The van der Waals surface area contributed by atoms with E-state index in [0.717, 1.165) is 17.8 Å². The van der Waals surface area contributed by atoms with Crippen LogP contribution in [-0.2, 0) is 0 Å². The molecule has 0 saturated carbocycles. The maximum atomic E-state index is 13.4. The first-order valence-electron chi connectivity index (χ1n) is 9.97. The second-order valence-corrected chi connectivity index (χ2v) is 7.76. The number of carbonyl (C=O) groups is 1. The molecule has 0 atom stereocenters. The molecule has 1 aliphatic rings. The maximum Gasteiger partial charge on any atom is 0.263 e. The number of anilines is 3. The minimum absolute atomic E-state index is 0.136. The molecule has 1 aliphatic heterocycles. The molecule has 1 N–H and O–H groups in total. The monoisotopic (exact) mass is 407 g/mol. The fourth-order valence-corrected chi connectivity index (χ4v) is 3.26. The molecule has 0 aliphatic carbocycles. The van der Waals surface area contributed by atoms with E-state index in [2.05, 4.69) is 39.3 Å². The summed E-state index contributed by atoms with van der Waals surface area (Å²) in [7, 11) is 1.94. The van der Waals surface area contributed by atoms with Crippen LogP contribution in [0.3, 0.4) is 0 Å². The number of rotatable bonds is 5. The zero-order chi connectivity index (χ0) is 21.3. The summed E-state index contributed by atoms with van der Waals surface area (Å²) in [5, 5.41) is 11.2. The number of nitrogens with zero attached hydrogens (tertiary/aromatic N) is 6. The summed E-state index contributed by atoms with van der Waals surface area (Å²) in [6.45, 7) is 7.91. The van der Waals surface area contributed by atoms with Gasteiger partial charge in [-0.25, -0.2) is 4.98 Å². The van der Waals surface area contributed by atoms with Gasteiger partial charge in [0.2, 0.25) is 17.7 Å². The predicted molar refractivity (Wildman–Crippen MR) is 115 cm³/mol. The van der Waals surface area contributed by atoms with E-state index in [1.807, 2.05) is 36.2 Å². The smallest absolute Gasteiger partial charge is 0.263 e. The van der Waals surface area contributed by atoms with Crippen LogP contribution in [0.25, 0.3) is 11.5 Å². The fraction of sp³-hybridized carbons (Fsp3) is 0.381. The van der Waals surface area contributed by atoms with Crippen molar-refractivity contribution in [1.29, 1.82) is 0 Å². The summed E-state index contributed by atoms with van der Waals surface area (Å²) in [5.41, 5.74) is 2.00. The molecular weight excluding hydrogens is 382 g/mol. The molecule has 156 valence electrons. The average Bonchev–Trinajstić information content (AvgIpc) is 3.13. The van der Waals surface area contributed by atoms with Crippen molar-refractivity contribution in [3.63, 3.8) is 0 Å². The molecule has 1 amide bonds. The van der Waals surface area contributed by atoms with Crippen molar-refractivity contribution in [2.45, 2.75) is 20.8 Å². The number of amides is 1. The number of aromatic nitrogens is 4. The van der Waals surface area contributed by atoms with Crippen molar-refractivity contribution >= 4 is 23.4 Å². The van der Waals surface area contributed by atoms with Gasteiger partial charge in [-0.15, -0.1) is 10.2 Å². The van der Waals surface area contributed by atoms with Crippen molar-refractivity contribution < 1.29 is 9.21 Å². The first kappa shape index (κ1) is 19.8. The van der Waals surface area contributed by atoms with E-state index in [4.69, 9.17) is 4.42 Å². The van der Waals surface area contributed by atoms with Gasteiger partial charge in [0.05, 0.1) is 0 Å². The maximum absolute atomic E-state index is 13.4. The number of hydrogen-bond acceptors (Lipinski definition) is 8. The number of aryl methyl sites for hydroxylation is 1. The predicted octanol–water partition coefficient (Wildman–Crippen LogP) is 3.00. The van der Waals surface area contributed by atoms with Crippen LogP contribution in [0.15, 0.2) is 34.9 Å². The van der Waals surface area contributed by atoms with Crippen LogP contribution in [0, 0.1) is 12.8 Å². The number of carbonyl (C=O) groups excluding carboxylic acids is 1. The molecule has 0 unspecified atom stereocenters. The highest BCUT2D eigenvalue weighted by Crippen LogP contribution is 2.29. The Morgan fingerprint density at radius 3 is 2.80 bits per heavy atom. The van der Waals surface area contributed by atoms with Gasteiger partial charge in [-0.3, -0.25) is 4.79 Å². The molecule has 9 nitrogen and oxygen atoms in total. The highest BCUT2D eigenvalue weighted by Gasteiger charge is 2.28. The molecule has 30 heavy (non-hydrogen) atoms. The Hall–Kier alpha value is -3.49. The van der Waals surface area contributed by atoms with Crippen LogP contribution >= 0.6 is 0 Å². The fourth-order valence-electron chi connectivity index (χ4n) is 3.26. The first-order chi connectivity index (χ1) is 14.4. The second kappa shape index (κ2) is 8.10. The van der Waals surface area contributed by atoms with E-state index in [9.17, 15) is 4.79 Å². The molecule has 0 fully saturated rings. The van der Waals surface area contributed by atoms with E-state index in [1.54, 1.807) is 18.0 Å². The van der Waals surface area contributed by atoms with Gasteiger partial charge in [-0.2, -0.15) is 4.98 Å². The number of benzene rings is 1. The molecule has 3 heterocycles. The molecule has 3 aromatic rings. The Morgan fingerprint density at radius 2 is 2.07 bits per heavy atom. The molecule has 4 rings (SSSR count). The van der Waals surface area contributed by atoms with E-state index in [-0.39, 0.29) is 5.91 Å². The van der Waals surface area contributed by atoms with E-state index in [0.29, 0.717) is 48.1 Å². The van der Waals surface area contributed by atoms with Crippen LogP contribution < -0.4 is 15.1 Å². The van der Waals surface area contributed by atoms with Gasteiger partial charge in [0.25, 0.3) is 5.91 Å². The van der Waals surface area contributed by atoms with Crippen LogP contribution in [0.1, 0.15) is 30.1 Å². The SMILES string of the molecule is Cc1nnc(-c2cccc(N3CCN(C)c4nc(NCC(C)C)ncc4C3=O)c2)o1. The summed E-state index contributed by atoms with van der Waals surface area (Å²) in [4.78, 5) is 26.0. The van der Waals surface area contributed by atoms with Crippen LogP contribution in [0.4, 0.5) is 17.5 Å². The van der Waals surface area contributed by atoms with E-state index < -0.39 is 0 Å². The Labute approximate surface area is 175 Å². The lowest BCUT2D eigenvalue weighted by Gasteiger charge is -2.21. The highest BCUT2D eigenvalue weighted by atomic mass is 16.4. The topological polar surface area (TPSA) is 100 Å². The minimum atomic E-state index is -0.136. The summed E-state index contributed by atoms with van der Waals surface area (Å²) >= 11 is 0. The van der Waals surface area contributed by atoms with E-state index >= 15 is 0 Å². The largest absolute Gasteiger partial charge is 0.421 e. The summed E-state index contributed by atoms with van der Waals surface area (Å²) in [5.74, 6) is 2.42. The van der Waals surface area contributed by atoms with Gasteiger partial charge >= 0.3 is 0 Å². The third kappa shape index (κ3) is 3.96. The molecule has 9 heteroatoms. The van der Waals surface area contributed by atoms with Gasteiger partial charge in [0, 0.05) is 51.1 Å². The highest BCUT2D eigenvalue weighted by molar-refractivity contribution is 6.09. The zero-order valence-corrected chi connectivity index (χ0v) is 17.6. The molecule has 0 spiro atoms. The third-order valence-electron chi connectivity index (χ3n) is 4.86. The van der Waals surface area contributed by atoms with Gasteiger partial charge < -0.3 is 19.5 Å². The summed E-state index contributed by atoms with van der Waals surface area (Å²) < 4.78 is 5.53. The summed E-state index contributed by atoms with van der Waals surface area (Å²) in [6, 6.07) is 7.54. The first-order valence-corrected chi connectivity index (χ1v) is 9.97. The number of fused-ring (bicyclic) bond motifs is 1. The number of nitrogens with one attached hydrogen (secondary N) is 1. The number of likely N-dealkylation sites (N-methyl/N-ethyl adjacent to an activating group) is 1. The molecule has 0 radical (unpaired) electrons. The minimum Gasteiger partial charge on any atom is -0.421 e. The second-order valence-electron chi connectivity index (χ2n) is 7.76. The Balaban J connectivity index is 1.65. The lowest BCUT2D eigenvalue weighted by Crippen LogP contribution is -2.33. The Bertz CT molecular complexity index is 1060. The number of hydrogen-bond donors (Lipinski definition) is 1. The third-order valence-corrected chi connectivity index (χ3v) is 4.86. The lowest BCUT2D eigenvalue weighted by atomic mass is 10.1. The summed E-state index contributed by atoms with van der Waals surface area (Å²) in [6.07, 6.45) is 1.60. The standard InChI is InChI=1S/C21H25N7O2/c1-13(2)11-22-21-23-12-17-18(24-21)27(4)8-9-28(20(17)29)16-7-5-6-15(10-16)19-26-25-14(3)30-19/h5-7,10,12-13H,8-9,11H2,1-4H3,(H,22,23,24). The molecule has 0 saturated heterocycles. The van der Waals surface area contributed by atoms with Crippen LogP contribution in [-0.4, -0.2) is 52.8 Å². The van der Waals surface area contributed by atoms with Gasteiger partial charge in [-0.05, 0) is 24.1 Å². The van der Waals surface area contributed by atoms with Crippen molar-refractivity contribution in [3.05, 3.63) is 41.9 Å². The van der Waals surface area contributed by atoms with Crippen LogP contribution in [0.5, 0.6) is 0 Å². The molecular formula is C21H25N7O2. The normalized spacial score (nSPS) is 14.1. The van der Waals surface area contributed by atoms with Crippen molar-refractivity contribution in [3.8, 4) is 11.5 Å².